The Labute approximate surface area is 137 Å². The van der Waals surface area contributed by atoms with Crippen LogP contribution in [0.1, 0.15) is 37.8 Å². The van der Waals surface area contributed by atoms with Gasteiger partial charge in [0.1, 0.15) is 0 Å². The Hall–Kier alpha value is -0.420. The zero-order chi connectivity index (χ0) is 15.4. The lowest BCUT2D eigenvalue weighted by atomic mass is 9.95. The maximum Gasteiger partial charge on any atom is 0.0513 e. The van der Waals surface area contributed by atoms with Gasteiger partial charge in [-0.05, 0) is 51.5 Å². The van der Waals surface area contributed by atoms with Crippen LogP contribution >= 0.6 is 15.9 Å². The summed E-state index contributed by atoms with van der Waals surface area (Å²) < 4.78 is 1.18. The number of likely N-dealkylation sites (tertiary alicyclic amines) is 1. The Morgan fingerprint density at radius 3 is 2.71 bits per heavy atom. The lowest BCUT2D eigenvalue weighted by Gasteiger charge is -2.38. The molecule has 4 heteroatoms. The number of nitrogens with zero attached hydrogens (tertiary/aromatic N) is 2. The van der Waals surface area contributed by atoms with Gasteiger partial charge in [0.25, 0.3) is 0 Å². The standard InChI is InChI=1S/C17H28BrN3/c1-4-16(19)17(14-9-5-6-10-15(14)18)21-11-7-8-13(21)12-20(2)3/h5-6,9-10,13,16-17H,4,7-8,11-12,19H2,1-3H3. The summed E-state index contributed by atoms with van der Waals surface area (Å²) in [6.45, 7) is 4.45. The Balaban J connectivity index is 2.30. The van der Waals surface area contributed by atoms with Gasteiger partial charge in [0.2, 0.25) is 0 Å². The van der Waals surface area contributed by atoms with E-state index in [4.69, 9.17) is 5.73 Å². The number of hydrogen-bond donors (Lipinski definition) is 1. The fraction of sp³-hybridized carbons (Fsp3) is 0.647. The van der Waals surface area contributed by atoms with Crippen molar-refractivity contribution in [2.75, 3.05) is 27.2 Å². The first-order valence-electron chi connectivity index (χ1n) is 7.95. The van der Waals surface area contributed by atoms with Gasteiger partial charge in [-0.2, -0.15) is 0 Å². The Kier molecular flexibility index (Phi) is 6.23. The van der Waals surface area contributed by atoms with E-state index >= 15 is 0 Å². The predicted molar refractivity (Wildman–Crippen MR) is 93.4 cm³/mol. The van der Waals surface area contributed by atoms with Gasteiger partial charge < -0.3 is 10.6 Å². The largest absolute Gasteiger partial charge is 0.326 e. The SMILES string of the molecule is CCC(N)C(c1ccccc1Br)N1CCCC1CN(C)C. The molecule has 1 aliphatic rings. The average molecular weight is 354 g/mol. The van der Waals surface area contributed by atoms with Crippen molar-refractivity contribution < 1.29 is 0 Å². The first-order valence-corrected chi connectivity index (χ1v) is 8.74. The molecule has 3 unspecified atom stereocenters. The first kappa shape index (κ1) is 16.9. The summed E-state index contributed by atoms with van der Waals surface area (Å²) in [4.78, 5) is 4.92. The van der Waals surface area contributed by atoms with E-state index in [1.807, 2.05) is 0 Å². The van der Waals surface area contributed by atoms with Crippen LogP contribution in [-0.4, -0.2) is 49.1 Å². The number of rotatable bonds is 6. The van der Waals surface area contributed by atoms with Crippen LogP contribution in [0, 0.1) is 0 Å². The van der Waals surface area contributed by atoms with Crippen molar-refractivity contribution in [2.24, 2.45) is 5.73 Å². The van der Waals surface area contributed by atoms with Gasteiger partial charge in [0.05, 0.1) is 6.04 Å². The summed E-state index contributed by atoms with van der Waals surface area (Å²) in [6.07, 6.45) is 3.54. The minimum absolute atomic E-state index is 0.173. The third kappa shape index (κ3) is 4.07. The van der Waals surface area contributed by atoms with E-state index in [1.165, 1.54) is 22.9 Å². The van der Waals surface area contributed by atoms with Crippen LogP contribution < -0.4 is 5.73 Å². The molecule has 0 radical (unpaired) electrons. The van der Waals surface area contributed by atoms with Crippen molar-refractivity contribution >= 4 is 15.9 Å². The molecule has 1 saturated heterocycles. The van der Waals surface area contributed by atoms with Crippen LogP contribution in [0.4, 0.5) is 0 Å². The van der Waals surface area contributed by atoms with Crippen molar-refractivity contribution in [1.82, 2.24) is 9.80 Å². The van der Waals surface area contributed by atoms with Crippen LogP contribution in [0.2, 0.25) is 0 Å². The molecule has 118 valence electrons. The monoisotopic (exact) mass is 353 g/mol. The van der Waals surface area contributed by atoms with Gasteiger partial charge >= 0.3 is 0 Å². The molecule has 2 N–H and O–H groups in total. The Morgan fingerprint density at radius 2 is 2.10 bits per heavy atom. The minimum Gasteiger partial charge on any atom is -0.326 e. The summed E-state index contributed by atoms with van der Waals surface area (Å²) in [7, 11) is 4.31. The average Bonchev–Trinajstić information content (AvgIpc) is 2.88. The molecule has 3 atom stereocenters. The Morgan fingerprint density at radius 1 is 1.38 bits per heavy atom. The van der Waals surface area contributed by atoms with Crippen molar-refractivity contribution in [3.05, 3.63) is 34.3 Å². The van der Waals surface area contributed by atoms with Gasteiger partial charge in [0, 0.05) is 23.1 Å². The van der Waals surface area contributed by atoms with E-state index in [2.05, 4.69) is 71.0 Å². The predicted octanol–water partition coefficient (Wildman–Crippen LogP) is 3.25. The van der Waals surface area contributed by atoms with Crippen LogP contribution in [0.3, 0.4) is 0 Å². The molecule has 21 heavy (non-hydrogen) atoms. The maximum atomic E-state index is 6.51. The molecule has 0 saturated carbocycles. The molecule has 0 amide bonds. The summed E-state index contributed by atoms with van der Waals surface area (Å²) >= 11 is 3.72. The second kappa shape index (κ2) is 7.73. The first-order chi connectivity index (χ1) is 10.0. The zero-order valence-electron chi connectivity index (χ0n) is 13.4. The van der Waals surface area contributed by atoms with E-state index in [-0.39, 0.29) is 6.04 Å². The summed E-state index contributed by atoms with van der Waals surface area (Å²) in [5, 5.41) is 0. The Bertz CT molecular complexity index is 449. The minimum atomic E-state index is 0.173. The lowest BCUT2D eigenvalue weighted by Crippen LogP contribution is -2.46. The molecule has 1 aliphatic heterocycles. The highest BCUT2D eigenvalue weighted by molar-refractivity contribution is 9.10. The fourth-order valence-corrected chi connectivity index (χ4v) is 3.95. The highest BCUT2D eigenvalue weighted by atomic mass is 79.9. The van der Waals surface area contributed by atoms with E-state index in [1.54, 1.807) is 0 Å². The molecule has 1 aromatic carbocycles. The molecule has 1 aromatic rings. The van der Waals surface area contributed by atoms with E-state index < -0.39 is 0 Å². The summed E-state index contributed by atoms with van der Waals surface area (Å²) in [5.41, 5.74) is 7.85. The molecule has 1 fully saturated rings. The number of halogens is 1. The molecular formula is C17H28BrN3. The topological polar surface area (TPSA) is 32.5 Å². The van der Waals surface area contributed by atoms with Gasteiger partial charge in [-0.25, -0.2) is 0 Å². The van der Waals surface area contributed by atoms with Crippen molar-refractivity contribution in [3.8, 4) is 0 Å². The normalized spacial score (nSPS) is 22.7. The summed E-state index contributed by atoms with van der Waals surface area (Å²) in [6, 6.07) is 9.62. The second-order valence-corrected chi connectivity index (χ2v) is 7.19. The van der Waals surface area contributed by atoms with E-state index in [9.17, 15) is 0 Å². The van der Waals surface area contributed by atoms with Gasteiger partial charge in [-0.15, -0.1) is 0 Å². The van der Waals surface area contributed by atoms with Crippen molar-refractivity contribution in [1.29, 1.82) is 0 Å². The molecule has 1 heterocycles. The third-order valence-corrected chi connectivity index (χ3v) is 5.18. The number of likely N-dealkylation sites (N-methyl/N-ethyl adjacent to an activating group) is 1. The molecule has 0 bridgehead atoms. The molecular weight excluding hydrogens is 326 g/mol. The number of nitrogens with two attached hydrogens (primary N) is 1. The van der Waals surface area contributed by atoms with Crippen LogP contribution in [0.15, 0.2) is 28.7 Å². The van der Waals surface area contributed by atoms with E-state index in [0.717, 1.165) is 19.5 Å². The van der Waals surface area contributed by atoms with Crippen molar-refractivity contribution in [3.63, 3.8) is 0 Å². The molecule has 0 aliphatic carbocycles. The molecule has 0 aromatic heterocycles. The highest BCUT2D eigenvalue weighted by Crippen LogP contribution is 2.35. The van der Waals surface area contributed by atoms with Crippen LogP contribution in [0.5, 0.6) is 0 Å². The highest BCUT2D eigenvalue weighted by Gasteiger charge is 2.35. The molecule has 0 spiro atoms. The van der Waals surface area contributed by atoms with Crippen LogP contribution in [-0.2, 0) is 0 Å². The fourth-order valence-electron chi connectivity index (χ4n) is 3.44. The third-order valence-electron chi connectivity index (χ3n) is 4.46. The number of benzene rings is 1. The maximum absolute atomic E-state index is 6.51. The van der Waals surface area contributed by atoms with Crippen LogP contribution in [0.25, 0.3) is 0 Å². The van der Waals surface area contributed by atoms with Crippen molar-refractivity contribution in [2.45, 2.75) is 44.3 Å². The molecule has 3 nitrogen and oxygen atoms in total. The quantitative estimate of drug-likeness (QED) is 0.851. The lowest BCUT2D eigenvalue weighted by molar-refractivity contribution is 0.131. The smallest absolute Gasteiger partial charge is 0.0513 e. The van der Waals surface area contributed by atoms with Gasteiger partial charge in [-0.3, -0.25) is 4.90 Å². The van der Waals surface area contributed by atoms with E-state index in [0.29, 0.717) is 12.1 Å². The zero-order valence-corrected chi connectivity index (χ0v) is 15.0. The number of hydrogen-bond acceptors (Lipinski definition) is 3. The van der Waals surface area contributed by atoms with Gasteiger partial charge in [0.15, 0.2) is 0 Å². The van der Waals surface area contributed by atoms with Gasteiger partial charge in [-0.1, -0.05) is 41.1 Å². The molecule has 2 rings (SSSR count). The summed E-state index contributed by atoms with van der Waals surface area (Å²) in [5.74, 6) is 0. The second-order valence-electron chi connectivity index (χ2n) is 6.33.